The van der Waals surface area contributed by atoms with Crippen molar-refractivity contribution in [2.75, 3.05) is 46.6 Å². The number of nitrogens with zero attached hydrogens (tertiary/aromatic N) is 1. The van der Waals surface area contributed by atoms with Gasteiger partial charge in [0.1, 0.15) is 0 Å². The average molecular weight is 230 g/mol. The molecule has 0 aliphatic carbocycles. The second-order valence-electron chi connectivity index (χ2n) is 4.46. The first-order chi connectivity index (χ1) is 7.77. The van der Waals surface area contributed by atoms with Gasteiger partial charge in [-0.3, -0.25) is 4.90 Å². The number of rotatable bonds is 7. The van der Waals surface area contributed by atoms with Crippen LogP contribution in [-0.2, 0) is 9.47 Å². The fraction of sp³-hybridized carbons (Fsp3) is 1.00. The zero-order valence-corrected chi connectivity index (χ0v) is 10.9. The quantitative estimate of drug-likeness (QED) is 0.654. The zero-order chi connectivity index (χ0) is 11.8. The molecule has 0 bridgehead atoms. The lowest BCUT2D eigenvalue weighted by molar-refractivity contribution is 0.0417. The van der Waals surface area contributed by atoms with Crippen molar-refractivity contribution in [2.24, 2.45) is 0 Å². The molecule has 1 rings (SSSR count). The van der Waals surface area contributed by atoms with E-state index in [1.807, 2.05) is 0 Å². The molecular weight excluding hydrogens is 204 g/mol. The Morgan fingerprint density at radius 2 is 2.12 bits per heavy atom. The standard InChI is InChI=1S/C12H26N2O2/c1-4-12-10-14(11(2)9-13-12)5-6-16-8-7-15-3/h11-13H,4-10H2,1-3H3. The minimum atomic E-state index is 0.619. The molecule has 4 nitrogen and oxygen atoms in total. The van der Waals surface area contributed by atoms with Crippen LogP contribution >= 0.6 is 0 Å². The number of methoxy groups -OCH3 is 1. The van der Waals surface area contributed by atoms with Crippen LogP contribution in [-0.4, -0.2) is 63.5 Å². The maximum absolute atomic E-state index is 5.51. The Bertz CT molecular complexity index is 178. The lowest BCUT2D eigenvalue weighted by atomic mass is 10.1. The van der Waals surface area contributed by atoms with E-state index >= 15 is 0 Å². The van der Waals surface area contributed by atoms with Crippen LogP contribution in [0.3, 0.4) is 0 Å². The monoisotopic (exact) mass is 230 g/mol. The van der Waals surface area contributed by atoms with Crippen molar-refractivity contribution in [2.45, 2.75) is 32.4 Å². The topological polar surface area (TPSA) is 33.7 Å². The van der Waals surface area contributed by atoms with E-state index in [1.54, 1.807) is 7.11 Å². The maximum Gasteiger partial charge on any atom is 0.0700 e. The largest absolute Gasteiger partial charge is 0.382 e. The summed E-state index contributed by atoms with van der Waals surface area (Å²) >= 11 is 0. The van der Waals surface area contributed by atoms with Crippen molar-refractivity contribution in [3.05, 3.63) is 0 Å². The van der Waals surface area contributed by atoms with Gasteiger partial charge in [-0.15, -0.1) is 0 Å². The van der Waals surface area contributed by atoms with Crippen molar-refractivity contribution in [1.82, 2.24) is 10.2 Å². The number of piperazine rings is 1. The Morgan fingerprint density at radius 3 is 2.81 bits per heavy atom. The van der Waals surface area contributed by atoms with E-state index in [9.17, 15) is 0 Å². The summed E-state index contributed by atoms with van der Waals surface area (Å²) in [5, 5.41) is 3.56. The molecular formula is C12H26N2O2. The summed E-state index contributed by atoms with van der Waals surface area (Å²) in [7, 11) is 1.70. The van der Waals surface area contributed by atoms with Crippen molar-refractivity contribution < 1.29 is 9.47 Å². The Labute approximate surface area is 99.3 Å². The van der Waals surface area contributed by atoms with Gasteiger partial charge in [-0.2, -0.15) is 0 Å². The normalized spacial score (nSPS) is 27.2. The Kier molecular flexibility index (Phi) is 6.96. The van der Waals surface area contributed by atoms with Crippen LogP contribution in [0, 0.1) is 0 Å². The second-order valence-corrected chi connectivity index (χ2v) is 4.46. The highest BCUT2D eigenvalue weighted by molar-refractivity contribution is 4.82. The first-order valence-corrected chi connectivity index (χ1v) is 6.32. The maximum atomic E-state index is 5.51. The summed E-state index contributed by atoms with van der Waals surface area (Å²) in [5.41, 5.74) is 0. The molecule has 2 atom stereocenters. The fourth-order valence-corrected chi connectivity index (χ4v) is 2.01. The predicted molar refractivity (Wildman–Crippen MR) is 65.8 cm³/mol. The van der Waals surface area contributed by atoms with Gasteiger partial charge in [-0.05, 0) is 13.3 Å². The molecule has 1 fully saturated rings. The Hall–Kier alpha value is -0.160. The van der Waals surface area contributed by atoms with Gasteiger partial charge < -0.3 is 14.8 Å². The third kappa shape index (κ3) is 4.78. The lowest BCUT2D eigenvalue weighted by Gasteiger charge is -2.38. The molecule has 0 aromatic carbocycles. The molecule has 0 aromatic heterocycles. The molecule has 16 heavy (non-hydrogen) atoms. The highest BCUT2D eigenvalue weighted by Gasteiger charge is 2.23. The van der Waals surface area contributed by atoms with Gasteiger partial charge in [0, 0.05) is 38.8 Å². The molecule has 1 N–H and O–H groups in total. The molecule has 0 spiro atoms. The summed E-state index contributed by atoms with van der Waals surface area (Å²) in [6.07, 6.45) is 1.20. The molecule has 1 aliphatic heterocycles. The SMILES string of the molecule is CCC1CN(CCOCCOC)C(C)CN1. The van der Waals surface area contributed by atoms with Gasteiger partial charge in [0.15, 0.2) is 0 Å². The third-order valence-corrected chi connectivity index (χ3v) is 3.23. The zero-order valence-electron chi connectivity index (χ0n) is 10.9. The third-order valence-electron chi connectivity index (χ3n) is 3.23. The van der Waals surface area contributed by atoms with E-state index < -0.39 is 0 Å². The lowest BCUT2D eigenvalue weighted by Crippen LogP contribution is -2.55. The van der Waals surface area contributed by atoms with Crippen molar-refractivity contribution in [3.8, 4) is 0 Å². The smallest absolute Gasteiger partial charge is 0.0700 e. The van der Waals surface area contributed by atoms with Crippen LogP contribution in [0.25, 0.3) is 0 Å². The Morgan fingerprint density at radius 1 is 1.31 bits per heavy atom. The van der Waals surface area contributed by atoms with E-state index in [1.165, 1.54) is 6.42 Å². The minimum absolute atomic E-state index is 0.619. The van der Waals surface area contributed by atoms with Crippen molar-refractivity contribution >= 4 is 0 Å². The Balaban J connectivity index is 2.13. The highest BCUT2D eigenvalue weighted by atomic mass is 16.5. The fourth-order valence-electron chi connectivity index (χ4n) is 2.01. The molecule has 4 heteroatoms. The molecule has 0 amide bonds. The van der Waals surface area contributed by atoms with E-state index in [4.69, 9.17) is 9.47 Å². The van der Waals surface area contributed by atoms with Crippen LogP contribution in [0.4, 0.5) is 0 Å². The van der Waals surface area contributed by atoms with Crippen LogP contribution in [0.2, 0.25) is 0 Å². The van der Waals surface area contributed by atoms with E-state index in [2.05, 4.69) is 24.1 Å². The molecule has 0 radical (unpaired) electrons. The predicted octanol–water partition coefficient (Wildman–Crippen LogP) is 0.722. The van der Waals surface area contributed by atoms with Crippen LogP contribution in [0.1, 0.15) is 20.3 Å². The summed E-state index contributed by atoms with van der Waals surface area (Å²) in [5.74, 6) is 0. The molecule has 0 aromatic rings. The minimum Gasteiger partial charge on any atom is -0.382 e. The molecule has 1 aliphatic rings. The summed E-state index contributed by atoms with van der Waals surface area (Å²) < 4.78 is 10.4. The van der Waals surface area contributed by atoms with E-state index in [-0.39, 0.29) is 0 Å². The molecule has 96 valence electrons. The van der Waals surface area contributed by atoms with Crippen LogP contribution in [0.15, 0.2) is 0 Å². The van der Waals surface area contributed by atoms with Gasteiger partial charge in [-0.1, -0.05) is 6.92 Å². The number of nitrogens with one attached hydrogen (secondary N) is 1. The second kappa shape index (κ2) is 8.01. The summed E-state index contributed by atoms with van der Waals surface area (Å²) in [6.45, 7) is 9.98. The van der Waals surface area contributed by atoms with Gasteiger partial charge in [0.2, 0.25) is 0 Å². The molecule has 0 saturated carbocycles. The first-order valence-electron chi connectivity index (χ1n) is 6.32. The summed E-state index contributed by atoms with van der Waals surface area (Å²) in [6, 6.07) is 1.27. The summed E-state index contributed by atoms with van der Waals surface area (Å²) in [4.78, 5) is 2.51. The number of hydrogen-bond acceptors (Lipinski definition) is 4. The van der Waals surface area contributed by atoms with Crippen molar-refractivity contribution in [3.63, 3.8) is 0 Å². The van der Waals surface area contributed by atoms with E-state index in [0.717, 1.165) is 26.2 Å². The number of ether oxygens (including phenoxy) is 2. The molecule has 1 heterocycles. The molecule has 2 unspecified atom stereocenters. The van der Waals surface area contributed by atoms with Crippen LogP contribution < -0.4 is 5.32 Å². The number of hydrogen-bond donors (Lipinski definition) is 1. The first kappa shape index (κ1) is 13.9. The van der Waals surface area contributed by atoms with Gasteiger partial charge in [0.25, 0.3) is 0 Å². The molecule has 1 saturated heterocycles. The average Bonchev–Trinajstić information content (AvgIpc) is 2.31. The van der Waals surface area contributed by atoms with Gasteiger partial charge in [-0.25, -0.2) is 0 Å². The van der Waals surface area contributed by atoms with E-state index in [0.29, 0.717) is 25.3 Å². The van der Waals surface area contributed by atoms with Gasteiger partial charge >= 0.3 is 0 Å². The van der Waals surface area contributed by atoms with Crippen LogP contribution in [0.5, 0.6) is 0 Å². The van der Waals surface area contributed by atoms with Crippen molar-refractivity contribution in [1.29, 1.82) is 0 Å². The highest BCUT2D eigenvalue weighted by Crippen LogP contribution is 2.08. The van der Waals surface area contributed by atoms with Gasteiger partial charge in [0.05, 0.1) is 19.8 Å².